The number of hydrogen-bond acceptors (Lipinski definition) is 2. The van der Waals surface area contributed by atoms with Gasteiger partial charge in [0.05, 0.1) is 6.61 Å². The summed E-state index contributed by atoms with van der Waals surface area (Å²) in [7, 11) is 0. The molecule has 1 aromatic carbocycles. The summed E-state index contributed by atoms with van der Waals surface area (Å²) in [5.74, 6) is -0.178. The molecule has 0 N–H and O–H groups in total. The van der Waals surface area contributed by atoms with Crippen LogP contribution in [0.2, 0.25) is 0 Å². The SMILES string of the molecule is CCCCCCC=C(C)C(=O)OCC.Cc1ccccc1. The molecule has 118 valence electrons. The van der Waals surface area contributed by atoms with Crippen LogP contribution < -0.4 is 0 Å². The Morgan fingerprint density at radius 1 is 1.10 bits per heavy atom. The van der Waals surface area contributed by atoms with Crippen LogP contribution in [-0.4, -0.2) is 12.6 Å². The largest absolute Gasteiger partial charge is 0.463 e. The summed E-state index contributed by atoms with van der Waals surface area (Å²) in [4.78, 5) is 11.2. The van der Waals surface area contributed by atoms with Gasteiger partial charge in [-0.3, -0.25) is 0 Å². The van der Waals surface area contributed by atoms with Crippen LogP contribution in [0.15, 0.2) is 42.0 Å². The topological polar surface area (TPSA) is 26.3 Å². The highest BCUT2D eigenvalue weighted by molar-refractivity contribution is 5.87. The van der Waals surface area contributed by atoms with E-state index in [0.717, 1.165) is 12.0 Å². The van der Waals surface area contributed by atoms with Crippen molar-refractivity contribution < 1.29 is 9.53 Å². The Morgan fingerprint density at radius 3 is 2.24 bits per heavy atom. The molecule has 21 heavy (non-hydrogen) atoms. The average molecular weight is 290 g/mol. The van der Waals surface area contributed by atoms with E-state index in [4.69, 9.17) is 4.74 Å². The molecule has 2 nitrogen and oxygen atoms in total. The number of esters is 1. The Balaban J connectivity index is 0.000000471. The Hall–Kier alpha value is -1.57. The van der Waals surface area contributed by atoms with Gasteiger partial charge in [-0.1, -0.05) is 68.2 Å². The van der Waals surface area contributed by atoms with E-state index in [2.05, 4.69) is 26.0 Å². The lowest BCUT2D eigenvalue weighted by Crippen LogP contribution is -2.04. The number of ether oxygens (including phenoxy) is 1. The molecule has 1 rings (SSSR count). The van der Waals surface area contributed by atoms with E-state index in [1.807, 2.05) is 38.1 Å². The van der Waals surface area contributed by atoms with Crippen molar-refractivity contribution in [1.82, 2.24) is 0 Å². The molecule has 0 radical (unpaired) electrons. The predicted molar refractivity (Wildman–Crippen MR) is 90.3 cm³/mol. The lowest BCUT2D eigenvalue weighted by molar-refractivity contribution is -0.138. The summed E-state index contributed by atoms with van der Waals surface area (Å²) in [6, 6.07) is 10.3. The van der Waals surface area contributed by atoms with E-state index in [9.17, 15) is 4.79 Å². The highest BCUT2D eigenvalue weighted by Crippen LogP contribution is 2.06. The summed E-state index contributed by atoms with van der Waals surface area (Å²) in [6.07, 6.45) is 7.93. The maximum atomic E-state index is 11.2. The molecule has 0 aliphatic rings. The van der Waals surface area contributed by atoms with Crippen LogP contribution in [0.5, 0.6) is 0 Å². The van der Waals surface area contributed by atoms with Crippen LogP contribution in [-0.2, 0) is 9.53 Å². The molecule has 0 saturated heterocycles. The second kappa shape index (κ2) is 13.4. The first kappa shape index (κ1) is 19.4. The van der Waals surface area contributed by atoms with Crippen LogP contribution in [0.4, 0.5) is 0 Å². The number of hydrogen-bond donors (Lipinski definition) is 0. The van der Waals surface area contributed by atoms with E-state index in [1.165, 1.54) is 31.2 Å². The fourth-order valence-corrected chi connectivity index (χ4v) is 1.75. The minimum absolute atomic E-state index is 0.178. The highest BCUT2D eigenvalue weighted by Gasteiger charge is 2.02. The van der Waals surface area contributed by atoms with Crippen molar-refractivity contribution in [3.8, 4) is 0 Å². The standard InChI is InChI=1S/C12H22O2.C7H8/c1-4-6-7-8-9-10-11(3)12(13)14-5-2;1-7-5-3-2-4-6-7/h10H,4-9H2,1-3H3;2-6H,1H3. The van der Waals surface area contributed by atoms with Gasteiger partial charge in [-0.2, -0.15) is 0 Å². The molecule has 0 unspecified atom stereocenters. The minimum atomic E-state index is -0.178. The van der Waals surface area contributed by atoms with Gasteiger partial charge in [-0.25, -0.2) is 4.79 Å². The van der Waals surface area contributed by atoms with Crippen LogP contribution >= 0.6 is 0 Å². The number of rotatable bonds is 7. The summed E-state index contributed by atoms with van der Waals surface area (Å²) >= 11 is 0. The first-order valence-corrected chi connectivity index (χ1v) is 7.97. The molecule has 0 amide bonds. The summed E-state index contributed by atoms with van der Waals surface area (Å²) < 4.78 is 4.87. The maximum absolute atomic E-state index is 11.2. The van der Waals surface area contributed by atoms with E-state index in [0.29, 0.717) is 6.61 Å². The molecule has 0 atom stereocenters. The molecule has 0 heterocycles. The van der Waals surface area contributed by atoms with Crippen molar-refractivity contribution >= 4 is 5.97 Å². The highest BCUT2D eigenvalue weighted by atomic mass is 16.5. The van der Waals surface area contributed by atoms with Gasteiger partial charge in [0.25, 0.3) is 0 Å². The number of unbranched alkanes of at least 4 members (excludes halogenated alkanes) is 4. The second-order valence-electron chi connectivity index (χ2n) is 5.11. The first-order chi connectivity index (χ1) is 10.1. The molecule has 0 aliphatic carbocycles. The second-order valence-corrected chi connectivity index (χ2v) is 5.11. The molecule has 2 heteroatoms. The molecule has 0 aliphatic heterocycles. The van der Waals surface area contributed by atoms with E-state index in [-0.39, 0.29) is 5.97 Å². The molecule has 0 spiro atoms. The zero-order valence-corrected chi connectivity index (χ0v) is 14.0. The Bertz CT molecular complexity index is 393. The molecular formula is C19H30O2. The number of benzene rings is 1. The average Bonchev–Trinajstić information content (AvgIpc) is 2.48. The summed E-state index contributed by atoms with van der Waals surface area (Å²) in [6.45, 7) is 8.38. The Labute approximate surface area is 130 Å². The van der Waals surface area contributed by atoms with Crippen molar-refractivity contribution in [1.29, 1.82) is 0 Å². The van der Waals surface area contributed by atoms with Crippen LogP contribution in [0, 0.1) is 6.92 Å². The number of carbonyl (C=O) groups excluding carboxylic acids is 1. The smallest absolute Gasteiger partial charge is 0.333 e. The maximum Gasteiger partial charge on any atom is 0.333 e. The van der Waals surface area contributed by atoms with Crippen molar-refractivity contribution in [2.45, 2.75) is 59.8 Å². The third kappa shape index (κ3) is 11.9. The van der Waals surface area contributed by atoms with Gasteiger partial charge in [0.1, 0.15) is 0 Å². The summed E-state index contributed by atoms with van der Waals surface area (Å²) in [5.41, 5.74) is 2.06. The molecule has 0 saturated carbocycles. The van der Waals surface area contributed by atoms with E-state index in [1.54, 1.807) is 0 Å². The number of carbonyl (C=O) groups is 1. The normalized spacial score (nSPS) is 10.6. The van der Waals surface area contributed by atoms with Crippen LogP contribution in [0.3, 0.4) is 0 Å². The molecule has 0 aromatic heterocycles. The fraction of sp³-hybridized carbons (Fsp3) is 0.526. The lowest BCUT2D eigenvalue weighted by Gasteiger charge is -2.01. The van der Waals surface area contributed by atoms with Gasteiger partial charge < -0.3 is 4.74 Å². The molecule has 1 aromatic rings. The Morgan fingerprint density at radius 2 is 1.76 bits per heavy atom. The van der Waals surface area contributed by atoms with Crippen molar-refractivity contribution in [3.05, 3.63) is 47.5 Å². The van der Waals surface area contributed by atoms with Crippen molar-refractivity contribution in [3.63, 3.8) is 0 Å². The van der Waals surface area contributed by atoms with Gasteiger partial charge in [0, 0.05) is 5.57 Å². The van der Waals surface area contributed by atoms with Gasteiger partial charge >= 0.3 is 5.97 Å². The summed E-state index contributed by atoms with van der Waals surface area (Å²) in [5, 5.41) is 0. The van der Waals surface area contributed by atoms with Crippen molar-refractivity contribution in [2.24, 2.45) is 0 Å². The predicted octanol–water partition coefficient (Wildman–Crippen LogP) is 5.46. The molecule has 0 fully saturated rings. The third-order valence-electron chi connectivity index (χ3n) is 3.05. The third-order valence-corrected chi connectivity index (χ3v) is 3.05. The van der Waals surface area contributed by atoms with E-state index < -0.39 is 0 Å². The zero-order chi connectivity index (χ0) is 15.9. The van der Waals surface area contributed by atoms with Crippen molar-refractivity contribution in [2.75, 3.05) is 6.61 Å². The Kier molecular flexibility index (Phi) is 12.4. The minimum Gasteiger partial charge on any atom is -0.463 e. The molecule has 0 bridgehead atoms. The van der Waals surface area contributed by atoms with E-state index >= 15 is 0 Å². The zero-order valence-electron chi connectivity index (χ0n) is 14.0. The van der Waals surface area contributed by atoms with Crippen LogP contribution in [0.25, 0.3) is 0 Å². The monoisotopic (exact) mass is 290 g/mol. The van der Waals surface area contributed by atoms with Crippen LogP contribution in [0.1, 0.15) is 58.4 Å². The first-order valence-electron chi connectivity index (χ1n) is 7.97. The van der Waals surface area contributed by atoms with Gasteiger partial charge in [0.15, 0.2) is 0 Å². The number of allylic oxidation sites excluding steroid dienone is 1. The molecular weight excluding hydrogens is 260 g/mol. The van der Waals surface area contributed by atoms with Gasteiger partial charge in [0.2, 0.25) is 0 Å². The van der Waals surface area contributed by atoms with Gasteiger partial charge in [-0.05, 0) is 33.6 Å². The fourth-order valence-electron chi connectivity index (χ4n) is 1.75. The van der Waals surface area contributed by atoms with Gasteiger partial charge in [-0.15, -0.1) is 0 Å². The lowest BCUT2D eigenvalue weighted by atomic mass is 10.1. The quantitative estimate of drug-likeness (QED) is 0.378. The number of aryl methyl sites for hydroxylation is 1.